The van der Waals surface area contributed by atoms with Gasteiger partial charge in [-0.3, -0.25) is 14.5 Å². The SMILES string of the molecule is COc1ccc(OC2=CC(=O)c3c(OCCN4CCCCC4)cccc3C2=O)cc1. The highest BCUT2D eigenvalue weighted by Crippen LogP contribution is 2.31. The third-order valence-corrected chi connectivity index (χ3v) is 5.40. The Hall–Kier alpha value is -3.12. The van der Waals surface area contributed by atoms with Crippen LogP contribution in [0, 0.1) is 0 Å². The lowest BCUT2D eigenvalue weighted by atomic mass is 9.92. The number of methoxy groups -OCH3 is 1. The molecule has 0 bridgehead atoms. The smallest absolute Gasteiger partial charge is 0.229 e. The van der Waals surface area contributed by atoms with Crippen molar-refractivity contribution in [3.05, 3.63) is 65.4 Å². The van der Waals surface area contributed by atoms with Gasteiger partial charge in [0, 0.05) is 18.2 Å². The van der Waals surface area contributed by atoms with Crippen molar-refractivity contribution < 1.29 is 23.8 Å². The molecule has 1 saturated heterocycles. The number of rotatable bonds is 7. The number of ether oxygens (including phenoxy) is 3. The molecular formula is C24H25NO5. The molecule has 0 aromatic heterocycles. The Morgan fingerprint density at radius 2 is 1.67 bits per heavy atom. The zero-order valence-corrected chi connectivity index (χ0v) is 17.1. The first-order valence-electron chi connectivity index (χ1n) is 10.3. The van der Waals surface area contributed by atoms with Gasteiger partial charge in [-0.1, -0.05) is 12.5 Å². The van der Waals surface area contributed by atoms with Gasteiger partial charge >= 0.3 is 0 Å². The van der Waals surface area contributed by atoms with Gasteiger partial charge in [0.2, 0.25) is 5.78 Å². The molecule has 0 atom stereocenters. The lowest BCUT2D eigenvalue weighted by Gasteiger charge is -2.26. The number of carbonyl (C=O) groups excluding carboxylic acids is 2. The minimum absolute atomic E-state index is 0.00290. The van der Waals surface area contributed by atoms with Gasteiger partial charge in [0.15, 0.2) is 11.5 Å². The Morgan fingerprint density at radius 3 is 2.40 bits per heavy atom. The summed E-state index contributed by atoms with van der Waals surface area (Å²) in [5.41, 5.74) is 0.615. The van der Waals surface area contributed by atoms with Crippen LogP contribution in [0.3, 0.4) is 0 Å². The van der Waals surface area contributed by atoms with Crippen LogP contribution in [0.15, 0.2) is 54.3 Å². The first-order chi connectivity index (χ1) is 14.7. The summed E-state index contributed by atoms with van der Waals surface area (Å²) in [7, 11) is 1.57. The van der Waals surface area contributed by atoms with Crippen molar-refractivity contribution in [2.24, 2.45) is 0 Å². The van der Waals surface area contributed by atoms with Crippen molar-refractivity contribution in [2.75, 3.05) is 33.4 Å². The predicted molar refractivity (Wildman–Crippen MR) is 113 cm³/mol. The maximum atomic E-state index is 12.9. The molecule has 0 unspecified atom stereocenters. The topological polar surface area (TPSA) is 65.1 Å². The predicted octanol–water partition coefficient (Wildman–Crippen LogP) is 3.90. The maximum absolute atomic E-state index is 12.9. The van der Waals surface area contributed by atoms with Crippen LogP contribution in [0.2, 0.25) is 0 Å². The first-order valence-corrected chi connectivity index (χ1v) is 10.3. The zero-order chi connectivity index (χ0) is 20.9. The minimum atomic E-state index is -0.332. The van der Waals surface area contributed by atoms with Crippen LogP contribution in [0.5, 0.6) is 17.2 Å². The molecule has 4 rings (SSSR count). The van der Waals surface area contributed by atoms with E-state index < -0.39 is 0 Å². The van der Waals surface area contributed by atoms with Gasteiger partial charge in [0.25, 0.3) is 0 Å². The fourth-order valence-electron chi connectivity index (χ4n) is 3.80. The standard InChI is InChI=1S/C24H25NO5/c1-28-17-8-10-18(11-9-17)30-22-16-20(26)23-19(24(22)27)6-5-7-21(23)29-15-14-25-12-3-2-4-13-25/h5-11,16H,2-4,12-15H2,1H3. The van der Waals surface area contributed by atoms with E-state index in [-0.39, 0.29) is 17.3 Å². The number of hydrogen-bond acceptors (Lipinski definition) is 6. The molecule has 0 spiro atoms. The normalized spacial score (nSPS) is 16.6. The number of hydrogen-bond donors (Lipinski definition) is 0. The van der Waals surface area contributed by atoms with Crippen LogP contribution in [0.4, 0.5) is 0 Å². The summed E-state index contributed by atoms with van der Waals surface area (Å²) in [5.74, 6) is 0.967. The van der Waals surface area contributed by atoms with Crippen molar-refractivity contribution in [1.82, 2.24) is 4.90 Å². The second-order valence-corrected chi connectivity index (χ2v) is 7.41. The fourth-order valence-corrected chi connectivity index (χ4v) is 3.80. The van der Waals surface area contributed by atoms with Crippen LogP contribution < -0.4 is 14.2 Å². The Morgan fingerprint density at radius 1 is 0.933 bits per heavy atom. The van der Waals surface area contributed by atoms with Crippen molar-refractivity contribution in [1.29, 1.82) is 0 Å². The average Bonchev–Trinajstić information content (AvgIpc) is 2.78. The molecule has 2 aliphatic rings. The van der Waals surface area contributed by atoms with Crippen LogP contribution in [0.1, 0.15) is 40.0 Å². The molecule has 2 aromatic carbocycles. The highest BCUT2D eigenvalue weighted by atomic mass is 16.5. The molecule has 0 radical (unpaired) electrons. The molecule has 6 nitrogen and oxygen atoms in total. The lowest BCUT2D eigenvalue weighted by Crippen LogP contribution is -2.33. The number of Topliss-reactive ketones (excluding diaryl/α,β-unsaturated/α-hetero) is 1. The van der Waals surface area contributed by atoms with Gasteiger partial charge in [0.1, 0.15) is 23.9 Å². The molecule has 1 aliphatic heterocycles. The second-order valence-electron chi connectivity index (χ2n) is 7.41. The molecule has 0 saturated carbocycles. The van der Waals surface area contributed by atoms with Gasteiger partial charge in [-0.25, -0.2) is 0 Å². The van der Waals surface area contributed by atoms with Crippen molar-refractivity contribution in [3.8, 4) is 17.2 Å². The van der Waals surface area contributed by atoms with E-state index >= 15 is 0 Å². The van der Waals surface area contributed by atoms with E-state index in [0.717, 1.165) is 19.6 Å². The molecule has 1 fully saturated rings. The van der Waals surface area contributed by atoms with Crippen molar-refractivity contribution in [3.63, 3.8) is 0 Å². The molecule has 156 valence electrons. The van der Waals surface area contributed by atoms with E-state index in [9.17, 15) is 9.59 Å². The maximum Gasteiger partial charge on any atom is 0.229 e. The Labute approximate surface area is 176 Å². The quantitative estimate of drug-likeness (QED) is 0.694. The number of likely N-dealkylation sites (tertiary alicyclic amines) is 1. The van der Waals surface area contributed by atoms with E-state index in [1.165, 1.54) is 25.3 Å². The number of fused-ring (bicyclic) bond motifs is 1. The van der Waals surface area contributed by atoms with Crippen LogP contribution in [0.25, 0.3) is 0 Å². The molecule has 1 heterocycles. The summed E-state index contributed by atoms with van der Waals surface area (Å²) in [6.07, 6.45) is 4.96. The molecular weight excluding hydrogens is 382 g/mol. The average molecular weight is 407 g/mol. The van der Waals surface area contributed by atoms with Gasteiger partial charge in [-0.05, 0) is 62.3 Å². The van der Waals surface area contributed by atoms with E-state index in [4.69, 9.17) is 14.2 Å². The minimum Gasteiger partial charge on any atom is -0.497 e. The number of nitrogens with zero attached hydrogens (tertiary/aromatic N) is 1. The highest BCUT2D eigenvalue weighted by molar-refractivity contribution is 6.24. The van der Waals surface area contributed by atoms with Crippen molar-refractivity contribution in [2.45, 2.75) is 19.3 Å². The van der Waals surface area contributed by atoms with Gasteiger partial charge < -0.3 is 14.2 Å². The van der Waals surface area contributed by atoms with Crippen LogP contribution in [-0.2, 0) is 0 Å². The third-order valence-electron chi connectivity index (χ3n) is 5.40. The largest absolute Gasteiger partial charge is 0.497 e. The number of allylic oxidation sites excluding steroid dienone is 2. The molecule has 2 aromatic rings. The Kier molecular flexibility index (Phi) is 6.14. The summed E-state index contributed by atoms with van der Waals surface area (Å²) in [5, 5.41) is 0. The summed E-state index contributed by atoms with van der Waals surface area (Å²) in [6, 6.07) is 11.9. The van der Waals surface area contributed by atoms with Gasteiger partial charge in [0.05, 0.1) is 12.7 Å². The van der Waals surface area contributed by atoms with Crippen LogP contribution in [-0.4, -0.2) is 49.8 Å². The zero-order valence-electron chi connectivity index (χ0n) is 17.1. The number of ketones is 2. The summed E-state index contributed by atoms with van der Waals surface area (Å²) in [4.78, 5) is 28.1. The van der Waals surface area contributed by atoms with E-state index in [0.29, 0.717) is 35.0 Å². The molecule has 30 heavy (non-hydrogen) atoms. The Balaban J connectivity index is 1.47. The number of carbonyl (C=O) groups is 2. The van der Waals surface area contributed by atoms with E-state index in [2.05, 4.69) is 4.90 Å². The highest BCUT2D eigenvalue weighted by Gasteiger charge is 2.30. The fraction of sp³-hybridized carbons (Fsp3) is 0.333. The summed E-state index contributed by atoms with van der Waals surface area (Å²) >= 11 is 0. The molecule has 0 amide bonds. The Bertz CT molecular complexity index is 958. The monoisotopic (exact) mass is 407 g/mol. The molecule has 0 N–H and O–H groups in total. The summed E-state index contributed by atoms with van der Waals surface area (Å²) < 4.78 is 16.7. The second kappa shape index (κ2) is 9.13. The third kappa shape index (κ3) is 4.39. The van der Waals surface area contributed by atoms with Gasteiger partial charge in [-0.15, -0.1) is 0 Å². The lowest BCUT2D eigenvalue weighted by molar-refractivity contribution is 0.0943. The molecule has 6 heteroatoms. The van der Waals surface area contributed by atoms with Gasteiger partial charge in [-0.2, -0.15) is 0 Å². The summed E-state index contributed by atoms with van der Waals surface area (Å²) in [6.45, 7) is 3.47. The van der Waals surface area contributed by atoms with Crippen LogP contribution >= 0.6 is 0 Å². The number of benzene rings is 2. The van der Waals surface area contributed by atoms with E-state index in [1.807, 2.05) is 0 Å². The molecule has 1 aliphatic carbocycles. The number of piperidine rings is 1. The first kappa shape index (κ1) is 20.2. The van der Waals surface area contributed by atoms with Crippen molar-refractivity contribution >= 4 is 11.6 Å². The van der Waals surface area contributed by atoms with E-state index in [1.54, 1.807) is 49.6 Å².